The molecule has 2 aromatic carbocycles. The quantitative estimate of drug-likeness (QED) is 0.628. The molecule has 1 aliphatic heterocycles. The number of hydrogen-bond donors (Lipinski definition) is 1. The number of benzene rings is 2. The van der Waals surface area contributed by atoms with Crippen molar-refractivity contribution in [3.8, 4) is 11.5 Å². The molecule has 9 heteroatoms. The number of hydrogen-bond acceptors (Lipinski definition) is 6. The lowest BCUT2D eigenvalue weighted by Gasteiger charge is -2.26. The lowest BCUT2D eigenvalue weighted by Crippen LogP contribution is -2.37. The summed E-state index contributed by atoms with van der Waals surface area (Å²) in [4.78, 5) is 39.2. The Morgan fingerprint density at radius 2 is 1.90 bits per heavy atom. The average molecular weight is 445 g/mol. The van der Waals surface area contributed by atoms with Crippen molar-refractivity contribution in [1.29, 1.82) is 0 Å². The lowest BCUT2D eigenvalue weighted by molar-refractivity contribution is -0.114. The summed E-state index contributed by atoms with van der Waals surface area (Å²) in [7, 11) is 0.210. The van der Waals surface area contributed by atoms with Crippen molar-refractivity contribution < 1.29 is 28.1 Å². The molecular formula is C22H24N2O6S. The van der Waals surface area contributed by atoms with Gasteiger partial charge in [0.2, 0.25) is 5.91 Å². The number of fused-ring (bicyclic) bond motifs is 1. The van der Waals surface area contributed by atoms with Gasteiger partial charge < -0.3 is 14.8 Å². The number of anilines is 1. The van der Waals surface area contributed by atoms with Gasteiger partial charge in [0, 0.05) is 29.7 Å². The molecule has 2 aromatic rings. The smallest absolute Gasteiger partial charge is 0.264 e. The van der Waals surface area contributed by atoms with E-state index < -0.39 is 28.7 Å². The number of nitrogens with one attached hydrogen (secondary N) is 1. The van der Waals surface area contributed by atoms with E-state index in [-0.39, 0.29) is 28.5 Å². The van der Waals surface area contributed by atoms with Gasteiger partial charge in [-0.05, 0) is 36.8 Å². The highest BCUT2D eigenvalue weighted by atomic mass is 32.2. The van der Waals surface area contributed by atoms with Crippen LogP contribution in [0.4, 0.5) is 5.69 Å². The number of imide groups is 1. The van der Waals surface area contributed by atoms with Crippen LogP contribution in [0.3, 0.4) is 0 Å². The standard InChI is InChI=1S/C22H24N2O6S/c1-5-30-19-11-14(9-10-18(19)29-3)17(12-31(4)28)24-21(26)15-7-6-8-16(23-13(2)25)20(15)22(24)27/h6-11,17H,5,12H2,1-4H3,(H,23,25)/t17-,31?/m1/s1. The molecule has 1 aliphatic rings. The van der Waals surface area contributed by atoms with Crippen molar-refractivity contribution in [2.24, 2.45) is 0 Å². The first-order valence-electron chi connectivity index (χ1n) is 9.67. The fourth-order valence-electron chi connectivity index (χ4n) is 3.59. The van der Waals surface area contributed by atoms with E-state index in [0.717, 1.165) is 4.90 Å². The first kappa shape index (κ1) is 22.5. The van der Waals surface area contributed by atoms with Gasteiger partial charge in [-0.15, -0.1) is 0 Å². The maximum Gasteiger partial charge on any atom is 0.264 e. The number of amides is 3. The monoisotopic (exact) mass is 444 g/mol. The summed E-state index contributed by atoms with van der Waals surface area (Å²) in [6, 6.07) is 9.03. The number of rotatable bonds is 8. The highest BCUT2D eigenvalue weighted by Crippen LogP contribution is 2.38. The van der Waals surface area contributed by atoms with Crippen LogP contribution in [0.25, 0.3) is 0 Å². The molecule has 0 bridgehead atoms. The largest absolute Gasteiger partial charge is 0.493 e. The molecule has 0 fully saturated rings. The predicted octanol–water partition coefficient (Wildman–Crippen LogP) is 2.77. The molecule has 0 saturated carbocycles. The van der Waals surface area contributed by atoms with Crippen LogP contribution < -0.4 is 14.8 Å². The molecule has 164 valence electrons. The third-order valence-electron chi connectivity index (χ3n) is 4.83. The van der Waals surface area contributed by atoms with E-state index in [0.29, 0.717) is 23.7 Å². The van der Waals surface area contributed by atoms with Gasteiger partial charge in [0.15, 0.2) is 11.5 Å². The van der Waals surface area contributed by atoms with Gasteiger partial charge in [-0.1, -0.05) is 12.1 Å². The zero-order valence-electron chi connectivity index (χ0n) is 17.8. The molecule has 2 atom stereocenters. The Hall–Kier alpha value is -3.20. The molecule has 3 amide bonds. The Bertz CT molecular complexity index is 1070. The van der Waals surface area contributed by atoms with Crippen molar-refractivity contribution in [3.05, 3.63) is 53.1 Å². The first-order valence-corrected chi connectivity index (χ1v) is 11.4. The number of nitrogens with zero attached hydrogens (tertiary/aromatic N) is 1. The molecule has 1 unspecified atom stereocenters. The zero-order chi connectivity index (χ0) is 22.7. The Morgan fingerprint density at radius 1 is 1.16 bits per heavy atom. The van der Waals surface area contributed by atoms with Crippen LogP contribution in [0.5, 0.6) is 11.5 Å². The Balaban J connectivity index is 2.09. The lowest BCUT2D eigenvalue weighted by atomic mass is 10.1. The third kappa shape index (κ3) is 4.46. The maximum atomic E-state index is 13.3. The molecule has 0 saturated heterocycles. The number of carbonyl (C=O) groups excluding carboxylic acids is 3. The predicted molar refractivity (Wildman–Crippen MR) is 117 cm³/mol. The molecular weight excluding hydrogens is 420 g/mol. The average Bonchev–Trinajstić information content (AvgIpc) is 2.97. The summed E-state index contributed by atoms with van der Waals surface area (Å²) < 4.78 is 23.1. The van der Waals surface area contributed by atoms with E-state index in [9.17, 15) is 18.6 Å². The van der Waals surface area contributed by atoms with Crippen LogP contribution in [0, 0.1) is 0 Å². The number of ether oxygens (including phenoxy) is 2. The number of methoxy groups -OCH3 is 1. The summed E-state index contributed by atoms with van der Waals surface area (Å²) in [5, 5.41) is 2.60. The van der Waals surface area contributed by atoms with Gasteiger partial charge in [0.25, 0.3) is 11.8 Å². The molecule has 0 spiro atoms. The van der Waals surface area contributed by atoms with Gasteiger partial charge in [-0.3, -0.25) is 23.5 Å². The minimum absolute atomic E-state index is 0.0544. The third-order valence-corrected chi connectivity index (χ3v) is 5.62. The van der Waals surface area contributed by atoms with E-state index >= 15 is 0 Å². The highest BCUT2D eigenvalue weighted by molar-refractivity contribution is 7.84. The normalized spacial score (nSPS) is 14.8. The van der Waals surface area contributed by atoms with Crippen LogP contribution in [-0.4, -0.2) is 52.6 Å². The van der Waals surface area contributed by atoms with Crippen molar-refractivity contribution in [1.82, 2.24) is 4.90 Å². The van der Waals surface area contributed by atoms with Crippen molar-refractivity contribution in [2.75, 3.05) is 31.0 Å². The molecule has 1 heterocycles. The SMILES string of the molecule is CCOc1cc([C@@H](CS(C)=O)N2C(=O)c3cccc(NC(C)=O)c3C2=O)ccc1OC. The highest BCUT2D eigenvalue weighted by Gasteiger charge is 2.42. The van der Waals surface area contributed by atoms with Gasteiger partial charge in [0.1, 0.15) is 0 Å². The fraction of sp³-hybridized carbons (Fsp3) is 0.318. The summed E-state index contributed by atoms with van der Waals surface area (Å²) >= 11 is 0. The van der Waals surface area contributed by atoms with E-state index in [4.69, 9.17) is 9.47 Å². The van der Waals surface area contributed by atoms with Crippen LogP contribution >= 0.6 is 0 Å². The Morgan fingerprint density at radius 3 is 2.52 bits per heavy atom. The van der Waals surface area contributed by atoms with E-state index in [1.54, 1.807) is 36.4 Å². The molecule has 1 N–H and O–H groups in total. The summed E-state index contributed by atoms with van der Waals surface area (Å²) in [5.41, 5.74) is 1.19. The summed E-state index contributed by atoms with van der Waals surface area (Å²) in [6.45, 7) is 3.56. The van der Waals surface area contributed by atoms with Crippen LogP contribution in [-0.2, 0) is 15.6 Å². The minimum Gasteiger partial charge on any atom is -0.493 e. The first-order chi connectivity index (χ1) is 14.8. The second kappa shape index (κ2) is 9.30. The van der Waals surface area contributed by atoms with Crippen LogP contribution in [0.1, 0.15) is 46.2 Å². The zero-order valence-corrected chi connectivity index (χ0v) is 18.6. The molecule has 3 rings (SSSR count). The summed E-state index contributed by atoms with van der Waals surface area (Å²) in [5.74, 6) is -0.374. The molecule has 31 heavy (non-hydrogen) atoms. The van der Waals surface area contributed by atoms with Gasteiger partial charge >= 0.3 is 0 Å². The topological polar surface area (TPSA) is 102 Å². The Kier molecular flexibility index (Phi) is 6.74. The van der Waals surface area contributed by atoms with Gasteiger partial charge in [-0.2, -0.15) is 0 Å². The van der Waals surface area contributed by atoms with E-state index in [1.807, 2.05) is 6.92 Å². The molecule has 0 radical (unpaired) electrons. The van der Waals surface area contributed by atoms with Crippen molar-refractivity contribution in [2.45, 2.75) is 19.9 Å². The van der Waals surface area contributed by atoms with E-state index in [1.165, 1.54) is 20.3 Å². The molecule has 8 nitrogen and oxygen atoms in total. The fourth-order valence-corrected chi connectivity index (χ4v) is 4.38. The second-order valence-electron chi connectivity index (χ2n) is 6.99. The van der Waals surface area contributed by atoms with Gasteiger partial charge in [-0.25, -0.2) is 0 Å². The molecule has 0 aliphatic carbocycles. The Labute approximate surface area is 183 Å². The molecule has 0 aromatic heterocycles. The minimum atomic E-state index is -1.31. The van der Waals surface area contributed by atoms with Crippen molar-refractivity contribution >= 4 is 34.2 Å². The van der Waals surface area contributed by atoms with Crippen LogP contribution in [0.2, 0.25) is 0 Å². The van der Waals surface area contributed by atoms with E-state index in [2.05, 4.69) is 5.32 Å². The summed E-state index contributed by atoms with van der Waals surface area (Å²) in [6.07, 6.45) is 1.51. The second-order valence-corrected chi connectivity index (χ2v) is 8.47. The van der Waals surface area contributed by atoms with Crippen LogP contribution in [0.15, 0.2) is 36.4 Å². The maximum absolute atomic E-state index is 13.3. The van der Waals surface area contributed by atoms with Crippen molar-refractivity contribution in [3.63, 3.8) is 0 Å². The number of carbonyl (C=O) groups is 3. The van der Waals surface area contributed by atoms with Gasteiger partial charge in [0.05, 0.1) is 36.6 Å².